The summed E-state index contributed by atoms with van der Waals surface area (Å²) in [4.78, 5) is 12.2. The zero-order chi connectivity index (χ0) is 15.4. The predicted octanol–water partition coefficient (Wildman–Crippen LogP) is 3.35. The molecule has 1 heterocycles. The monoisotopic (exact) mass is 336 g/mol. The zero-order valence-electron chi connectivity index (χ0n) is 14.0. The lowest BCUT2D eigenvalue weighted by Gasteiger charge is -2.33. The average molecular weight is 337 g/mol. The summed E-state index contributed by atoms with van der Waals surface area (Å²) in [5.74, 6) is 2.32. The lowest BCUT2D eigenvalue weighted by Crippen LogP contribution is -2.50. The smallest absolute Gasteiger partial charge is 0.223 e. The van der Waals surface area contributed by atoms with Crippen LogP contribution in [-0.2, 0) is 4.79 Å². The summed E-state index contributed by atoms with van der Waals surface area (Å²) in [7, 11) is 0. The van der Waals surface area contributed by atoms with Crippen molar-refractivity contribution in [2.45, 2.75) is 38.5 Å². The molecule has 4 heteroatoms. The minimum Gasteiger partial charge on any atom is -0.356 e. The van der Waals surface area contributed by atoms with Gasteiger partial charge >= 0.3 is 0 Å². The number of rotatable bonds is 5. The maximum absolute atomic E-state index is 12.2. The highest BCUT2D eigenvalue weighted by atomic mass is 35.5. The van der Waals surface area contributed by atoms with Crippen molar-refractivity contribution in [1.82, 2.24) is 10.6 Å². The van der Waals surface area contributed by atoms with Gasteiger partial charge in [-0.05, 0) is 62.1 Å². The molecule has 1 aliphatic carbocycles. The molecule has 2 aliphatic rings. The van der Waals surface area contributed by atoms with Crippen LogP contribution in [0.25, 0.3) is 0 Å². The van der Waals surface area contributed by atoms with Crippen molar-refractivity contribution in [3.63, 3.8) is 0 Å². The number of benzene rings is 1. The van der Waals surface area contributed by atoms with Crippen LogP contribution in [-0.4, -0.2) is 25.5 Å². The van der Waals surface area contributed by atoms with E-state index in [1.165, 1.54) is 31.2 Å². The van der Waals surface area contributed by atoms with Crippen LogP contribution in [0.5, 0.6) is 0 Å². The second-order valence-electron chi connectivity index (χ2n) is 7.08. The molecule has 0 bridgehead atoms. The van der Waals surface area contributed by atoms with Crippen molar-refractivity contribution < 1.29 is 4.79 Å². The SMILES string of the molecule is CC(C(=O)NCC1CCC(c2ccccc2)CC1)C1CNC1.Cl. The molecule has 3 nitrogen and oxygen atoms in total. The number of carbonyl (C=O) groups excluding carboxylic acids is 1. The molecular weight excluding hydrogens is 308 g/mol. The predicted molar refractivity (Wildman–Crippen MR) is 96.9 cm³/mol. The van der Waals surface area contributed by atoms with Gasteiger partial charge in [0.15, 0.2) is 0 Å². The van der Waals surface area contributed by atoms with Crippen LogP contribution in [0.4, 0.5) is 0 Å². The number of amides is 1. The maximum atomic E-state index is 12.2. The Morgan fingerprint density at radius 3 is 2.39 bits per heavy atom. The largest absolute Gasteiger partial charge is 0.356 e. The quantitative estimate of drug-likeness (QED) is 0.865. The molecule has 1 aromatic carbocycles. The van der Waals surface area contributed by atoms with E-state index in [9.17, 15) is 4.79 Å². The van der Waals surface area contributed by atoms with Gasteiger partial charge in [0.25, 0.3) is 0 Å². The molecular formula is C19H29ClN2O. The minimum absolute atomic E-state index is 0. The Balaban J connectivity index is 0.00000192. The van der Waals surface area contributed by atoms with Crippen LogP contribution in [0.1, 0.15) is 44.1 Å². The highest BCUT2D eigenvalue weighted by Gasteiger charge is 2.29. The first-order valence-electron chi connectivity index (χ1n) is 8.77. The van der Waals surface area contributed by atoms with Crippen LogP contribution in [0.2, 0.25) is 0 Å². The van der Waals surface area contributed by atoms with E-state index in [-0.39, 0.29) is 24.2 Å². The van der Waals surface area contributed by atoms with Crippen molar-refractivity contribution in [3.8, 4) is 0 Å². The fourth-order valence-corrected chi connectivity index (χ4v) is 3.71. The Morgan fingerprint density at radius 2 is 1.83 bits per heavy atom. The number of halogens is 1. The lowest BCUT2D eigenvalue weighted by molar-refractivity contribution is -0.126. The van der Waals surface area contributed by atoms with Crippen LogP contribution >= 0.6 is 12.4 Å². The van der Waals surface area contributed by atoms with Gasteiger partial charge < -0.3 is 10.6 Å². The molecule has 1 amide bonds. The summed E-state index contributed by atoms with van der Waals surface area (Å²) in [5.41, 5.74) is 1.48. The molecule has 3 rings (SSSR count). The minimum atomic E-state index is 0. The molecule has 1 atom stereocenters. The van der Waals surface area contributed by atoms with E-state index in [1.807, 2.05) is 0 Å². The summed E-state index contributed by atoms with van der Waals surface area (Å²) in [5, 5.41) is 6.43. The van der Waals surface area contributed by atoms with Crippen LogP contribution < -0.4 is 10.6 Å². The van der Waals surface area contributed by atoms with E-state index in [2.05, 4.69) is 47.9 Å². The van der Waals surface area contributed by atoms with Crippen molar-refractivity contribution in [3.05, 3.63) is 35.9 Å². The fraction of sp³-hybridized carbons (Fsp3) is 0.632. The highest BCUT2D eigenvalue weighted by Crippen LogP contribution is 2.35. The Morgan fingerprint density at radius 1 is 1.17 bits per heavy atom. The second-order valence-corrected chi connectivity index (χ2v) is 7.08. The van der Waals surface area contributed by atoms with E-state index in [1.54, 1.807) is 0 Å². The molecule has 2 fully saturated rings. The standard InChI is InChI=1S/C19H28N2O.ClH/c1-14(18-12-20-13-18)19(22)21-11-15-7-9-17(10-8-15)16-5-3-2-4-6-16;/h2-6,14-15,17-18,20H,7-13H2,1H3,(H,21,22);1H. The summed E-state index contributed by atoms with van der Waals surface area (Å²) >= 11 is 0. The average Bonchev–Trinajstić information content (AvgIpc) is 2.52. The first kappa shape index (κ1) is 18.3. The molecule has 1 aliphatic heterocycles. The number of hydrogen-bond acceptors (Lipinski definition) is 2. The third kappa shape index (κ3) is 4.71. The van der Waals surface area contributed by atoms with Gasteiger partial charge in [0, 0.05) is 12.5 Å². The Hall–Kier alpha value is -1.06. The first-order chi connectivity index (χ1) is 10.7. The number of hydrogen-bond donors (Lipinski definition) is 2. The Kier molecular flexibility index (Phi) is 6.91. The molecule has 1 saturated heterocycles. The first-order valence-corrected chi connectivity index (χ1v) is 8.77. The molecule has 1 saturated carbocycles. The van der Waals surface area contributed by atoms with Gasteiger partial charge in [-0.1, -0.05) is 37.3 Å². The van der Waals surface area contributed by atoms with Gasteiger partial charge in [-0.3, -0.25) is 4.79 Å². The molecule has 0 spiro atoms. The van der Waals surface area contributed by atoms with Crippen LogP contribution in [0.15, 0.2) is 30.3 Å². The van der Waals surface area contributed by atoms with Crippen molar-refractivity contribution in [2.75, 3.05) is 19.6 Å². The van der Waals surface area contributed by atoms with Crippen molar-refractivity contribution in [1.29, 1.82) is 0 Å². The molecule has 0 aromatic heterocycles. The maximum Gasteiger partial charge on any atom is 0.223 e. The molecule has 1 unspecified atom stereocenters. The zero-order valence-corrected chi connectivity index (χ0v) is 14.8. The van der Waals surface area contributed by atoms with Crippen LogP contribution in [0, 0.1) is 17.8 Å². The van der Waals surface area contributed by atoms with E-state index in [0.29, 0.717) is 17.8 Å². The summed E-state index contributed by atoms with van der Waals surface area (Å²) in [6.45, 7) is 4.92. The normalized spacial score (nSPS) is 25.8. The van der Waals surface area contributed by atoms with Gasteiger partial charge in [0.05, 0.1) is 0 Å². The van der Waals surface area contributed by atoms with Gasteiger partial charge in [0.2, 0.25) is 5.91 Å². The summed E-state index contributed by atoms with van der Waals surface area (Å²) in [6, 6.07) is 10.9. The molecule has 128 valence electrons. The molecule has 23 heavy (non-hydrogen) atoms. The van der Waals surface area contributed by atoms with Gasteiger partial charge in [-0.25, -0.2) is 0 Å². The molecule has 2 N–H and O–H groups in total. The topological polar surface area (TPSA) is 41.1 Å². The van der Waals surface area contributed by atoms with Gasteiger partial charge in [-0.2, -0.15) is 0 Å². The van der Waals surface area contributed by atoms with Gasteiger partial charge in [0.1, 0.15) is 0 Å². The van der Waals surface area contributed by atoms with E-state index >= 15 is 0 Å². The second kappa shape index (κ2) is 8.70. The third-order valence-electron chi connectivity index (χ3n) is 5.62. The molecule has 0 radical (unpaired) electrons. The third-order valence-corrected chi connectivity index (χ3v) is 5.62. The molecule has 1 aromatic rings. The van der Waals surface area contributed by atoms with Crippen LogP contribution in [0.3, 0.4) is 0 Å². The van der Waals surface area contributed by atoms with Crippen molar-refractivity contribution in [2.24, 2.45) is 17.8 Å². The van der Waals surface area contributed by atoms with Crippen molar-refractivity contribution >= 4 is 18.3 Å². The van der Waals surface area contributed by atoms with E-state index < -0.39 is 0 Å². The number of carbonyl (C=O) groups is 1. The summed E-state index contributed by atoms with van der Waals surface area (Å²) in [6.07, 6.45) is 4.98. The Labute approximate surface area is 146 Å². The van der Waals surface area contributed by atoms with Gasteiger partial charge in [-0.15, -0.1) is 12.4 Å². The Bertz CT molecular complexity index is 481. The van der Waals surface area contributed by atoms with E-state index in [4.69, 9.17) is 0 Å². The fourth-order valence-electron chi connectivity index (χ4n) is 3.71. The number of nitrogens with one attached hydrogen (secondary N) is 2. The van der Waals surface area contributed by atoms with E-state index in [0.717, 1.165) is 19.6 Å². The lowest BCUT2D eigenvalue weighted by atomic mass is 9.78. The summed E-state index contributed by atoms with van der Waals surface area (Å²) < 4.78 is 0. The highest BCUT2D eigenvalue weighted by molar-refractivity contribution is 5.85.